The second-order valence-electron chi connectivity index (χ2n) is 4.44. The van der Waals surface area contributed by atoms with Crippen LogP contribution in [0.25, 0.3) is 0 Å². The number of hydrogen-bond acceptors (Lipinski definition) is 6. The molecule has 0 unspecified atom stereocenters. The summed E-state index contributed by atoms with van der Waals surface area (Å²) in [6.45, 7) is 0. The molecule has 8 nitrogen and oxygen atoms in total. The Balaban J connectivity index is 2.06. The summed E-state index contributed by atoms with van der Waals surface area (Å²) in [4.78, 5) is 22.0. The van der Waals surface area contributed by atoms with Gasteiger partial charge in [-0.2, -0.15) is 5.10 Å². The number of methoxy groups -OCH3 is 1. The average Bonchev–Trinajstić information content (AvgIpc) is 2.56. The standard InChI is InChI=1S/C15H13N3O5/c1-23-14-7-10(5-6-13(14)19)9-16-17-15(20)11-3-2-4-12(8-11)18(21)22/h2-9,19H,1H3,(H,17,20)/b16-9-. The van der Waals surface area contributed by atoms with Crippen LogP contribution in [0.4, 0.5) is 5.69 Å². The maximum absolute atomic E-state index is 11.9. The number of non-ortho nitro benzene ring substituents is 1. The summed E-state index contributed by atoms with van der Waals surface area (Å²) >= 11 is 0. The molecule has 0 atom stereocenters. The molecule has 118 valence electrons. The summed E-state index contributed by atoms with van der Waals surface area (Å²) in [5, 5.41) is 23.9. The molecule has 2 N–H and O–H groups in total. The van der Waals surface area contributed by atoms with Crippen LogP contribution in [0.15, 0.2) is 47.6 Å². The van der Waals surface area contributed by atoms with Gasteiger partial charge in [-0.1, -0.05) is 6.07 Å². The van der Waals surface area contributed by atoms with Crippen molar-refractivity contribution in [2.75, 3.05) is 7.11 Å². The maximum atomic E-state index is 11.9. The molecule has 0 aromatic heterocycles. The molecule has 0 fully saturated rings. The number of hydrazone groups is 1. The van der Waals surface area contributed by atoms with E-state index in [9.17, 15) is 20.0 Å². The van der Waals surface area contributed by atoms with Gasteiger partial charge < -0.3 is 9.84 Å². The maximum Gasteiger partial charge on any atom is 0.271 e. The zero-order chi connectivity index (χ0) is 16.8. The van der Waals surface area contributed by atoms with Gasteiger partial charge in [0.25, 0.3) is 11.6 Å². The van der Waals surface area contributed by atoms with Crippen molar-refractivity contribution in [3.63, 3.8) is 0 Å². The molecule has 0 aliphatic heterocycles. The SMILES string of the molecule is COc1cc(/C=N\NC(=O)c2cccc([N+](=O)[O-])c2)ccc1O. The number of amides is 1. The lowest BCUT2D eigenvalue weighted by Crippen LogP contribution is -2.17. The van der Waals surface area contributed by atoms with Crippen LogP contribution in [0.3, 0.4) is 0 Å². The summed E-state index contributed by atoms with van der Waals surface area (Å²) < 4.78 is 4.96. The largest absolute Gasteiger partial charge is 0.504 e. The Morgan fingerprint density at radius 1 is 1.35 bits per heavy atom. The minimum Gasteiger partial charge on any atom is -0.504 e. The molecule has 23 heavy (non-hydrogen) atoms. The molecule has 0 spiro atoms. The molecule has 0 radical (unpaired) electrons. The molecular weight excluding hydrogens is 302 g/mol. The molecule has 8 heteroatoms. The quantitative estimate of drug-likeness (QED) is 0.498. The predicted molar refractivity (Wildman–Crippen MR) is 82.8 cm³/mol. The van der Waals surface area contributed by atoms with E-state index in [0.29, 0.717) is 5.56 Å². The van der Waals surface area contributed by atoms with Crippen molar-refractivity contribution in [3.05, 3.63) is 63.7 Å². The van der Waals surface area contributed by atoms with Crippen molar-refractivity contribution in [1.82, 2.24) is 5.43 Å². The first kappa shape index (κ1) is 16.0. The highest BCUT2D eigenvalue weighted by atomic mass is 16.6. The molecule has 0 bridgehead atoms. The fourth-order valence-electron chi connectivity index (χ4n) is 1.77. The Kier molecular flexibility index (Phi) is 4.88. The number of rotatable bonds is 5. The Hall–Kier alpha value is -3.42. The summed E-state index contributed by atoms with van der Waals surface area (Å²) in [5.41, 5.74) is 2.82. The van der Waals surface area contributed by atoms with Crippen LogP contribution in [0, 0.1) is 10.1 Å². The number of phenols is 1. The number of nitro benzene ring substituents is 1. The van der Waals surface area contributed by atoms with E-state index < -0.39 is 10.8 Å². The van der Waals surface area contributed by atoms with E-state index in [0.717, 1.165) is 6.07 Å². The minimum atomic E-state index is -0.581. The average molecular weight is 315 g/mol. The van der Waals surface area contributed by atoms with E-state index in [4.69, 9.17) is 4.74 Å². The second kappa shape index (κ2) is 7.03. The van der Waals surface area contributed by atoms with E-state index in [1.807, 2.05) is 0 Å². The van der Waals surface area contributed by atoms with E-state index in [2.05, 4.69) is 10.5 Å². The zero-order valence-electron chi connectivity index (χ0n) is 12.1. The van der Waals surface area contributed by atoms with Crippen LogP contribution in [-0.2, 0) is 0 Å². The van der Waals surface area contributed by atoms with Crippen molar-refractivity contribution < 1.29 is 19.6 Å². The predicted octanol–water partition coefficient (Wildman–Crippen LogP) is 2.07. The van der Waals surface area contributed by atoms with Gasteiger partial charge in [-0.05, 0) is 29.8 Å². The monoisotopic (exact) mass is 315 g/mol. The molecule has 2 aromatic carbocycles. The van der Waals surface area contributed by atoms with E-state index in [1.54, 1.807) is 12.1 Å². The first-order valence-electron chi connectivity index (χ1n) is 6.46. The van der Waals surface area contributed by atoms with Gasteiger partial charge in [-0.15, -0.1) is 0 Å². The summed E-state index contributed by atoms with van der Waals surface area (Å²) in [7, 11) is 1.42. The molecule has 0 aliphatic carbocycles. The van der Waals surface area contributed by atoms with Gasteiger partial charge in [-0.25, -0.2) is 5.43 Å². The molecule has 2 rings (SSSR count). The van der Waals surface area contributed by atoms with Gasteiger partial charge in [0, 0.05) is 17.7 Å². The number of phenolic OH excluding ortho intramolecular Hbond substituents is 1. The van der Waals surface area contributed by atoms with Crippen LogP contribution in [-0.4, -0.2) is 29.3 Å². The lowest BCUT2D eigenvalue weighted by atomic mass is 10.2. The normalized spacial score (nSPS) is 10.5. The van der Waals surface area contributed by atoms with Crippen molar-refractivity contribution in [2.24, 2.45) is 5.10 Å². The molecule has 0 saturated carbocycles. The number of nitrogens with zero attached hydrogens (tertiary/aromatic N) is 2. The van der Waals surface area contributed by atoms with Gasteiger partial charge in [0.15, 0.2) is 11.5 Å². The number of aromatic hydroxyl groups is 1. The lowest BCUT2D eigenvalue weighted by Gasteiger charge is -2.03. The number of nitro groups is 1. The molecule has 0 aliphatic rings. The van der Waals surface area contributed by atoms with E-state index in [1.165, 1.54) is 37.6 Å². The number of carbonyl (C=O) groups excluding carboxylic acids is 1. The summed E-state index contributed by atoms with van der Waals surface area (Å²) in [6.07, 6.45) is 1.36. The van der Waals surface area contributed by atoms with Gasteiger partial charge >= 0.3 is 0 Å². The highest BCUT2D eigenvalue weighted by Crippen LogP contribution is 2.25. The third-order valence-electron chi connectivity index (χ3n) is 2.90. The van der Waals surface area contributed by atoms with Gasteiger partial charge in [0.2, 0.25) is 0 Å². The van der Waals surface area contributed by atoms with E-state index >= 15 is 0 Å². The van der Waals surface area contributed by atoms with Crippen molar-refractivity contribution in [1.29, 1.82) is 0 Å². The fraction of sp³-hybridized carbons (Fsp3) is 0.0667. The van der Waals surface area contributed by atoms with Gasteiger partial charge in [0.05, 0.1) is 18.2 Å². The third kappa shape index (κ3) is 4.03. The molecule has 0 heterocycles. The summed E-state index contributed by atoms with van der Waals surface area (Å²) in [5.74, 6) is -0.306. The highest BCUT2D eigenvalue weighted by molar-refractivity contribution is 5.95. The minimum absolute atomic E-state index is 0.00900. The van der Waals surface area contributed by atoms with Gasteiger partial charge in [-0.3, -0.25) is 14.9 Å². The van der Waals surface area contributed by atoms with Crippen molar-refractivity contribution >= 4 is 17.8 Å². The Bertz CT molecular complexity index is 773. The Labute approximate surface area is 131 Å². The molecule has 2 aromatic rings. The van der Waals surface area contributed by atoms with Crippen LogP contribution in [0.5, 0.6) is 11.5 Å². The third-order valence-corrected chi connectivity index (χ3v) is 2.90. The first-order valence-corrected chi connectivity index (χ1v) is 6.46. The smallest absolute Gasteiger partial charge is 0.271 e. The van der Waals surface area contributed by atoms with Crippen molar-refractivity contribution in [3.8, 4) is 11.5 Å². The van der Waals surface area contributed by atoms with Crippen LogP contribution < -0.4 is 10.2 Å². The van der Waals surface area contributed by atoms with E-state index in [-0.39, 0.29) is 22.7 Å². The zero-order valence-corrected chi connectivity index (χ0v) is 12.1. The second-order valence-corrected chi connectivity index (χ2v) is 4.44. The van der Waals surface area contributed by atoms with Crippen LogP contribution in [0.2, 0.25) is 0 Å². The lowest BCUT2D eigenvalue weighted by molar-refractivity contribution is -0.384. The van der Waals surface area contributed by atoms with Crippen molar-refractivity contribution in [2.45, 2.75) is 0 Å². The summed E-state index contributed by atoms with van der Waals surface area (Å²) in [6, 6.07) is 9.88. The first-order chi connectivity index (χ1) is 11.0. The Morgan fingerprint density at radius 3 is 2.83 bits per heavy atom. The topological polar surface area (TPSA) is 114 Å². The van der Waals surface area contributed by atoms with Crippen LogP contribution in [0.1, 0.15) is 15.9 Å². The van der Waals surface area contributed by atoms with Crippen LogP contribution >= 0.6 is 0 Å². The number of hydrogen-bond donors (Lipinski definition) is 2. The number of ether oxygens (including phenoxy) is 1. The molecular formula is C15H13N3O5. The van der Waals surface area contributed by atoms with Gasteiger partial charge in [0.1, 0.15) is 0 Å². The highest BCUT2D eigenvalue weighted by Gasteiger charge is 2.10. The number of benzene rings is 2. The Morgan fingerprint density at radius 2 is 2.13 bits per heavy atom. The number of nitrogens with one attached hydrogen (secondary N) is 1. The number of carbonyl (C=O) groups is 1. The molecule has 1 amide bonds. The molecule has 0 saturated heterocycles. The fourth-order valence-corrected chi connectivity index (χ4v) is 1.77.